The summed E-state index contributed by atoms with van der Waals surface area (Å²) >= 11 is 0. The first kappa shape index (κ1) is 11.8. The number of rotatable bonds is 2. The number of halogens is 3. The Kier molecular flexibility index (Phi) is 3.18. The van der Waals surface area contributed by atoms with Gasteiger partial charge in [0.05, 0.1) is 0 Å². The molecule has 0 saturated heterocycles. The Labute approximate surface area is 85.2 Å². The van der Waals surface area contributed by atoms with Gasteiger partial charge in [0.2, 0.25) is 0 Å². The maximum Gasteiger partial charge on any atom is 0.418 e. The van der Waals surface area contributed by atoms with Gasteiger partial charge in [-0.05, 0) is 6.07 Å². The smallest absolute Gasteiger partial charge is 0.379 e. The maximum atomic E-state index is 12.1. The van der Waals surface area contributed by atoms with Gasteiger partial charge in [-0.2, -0.15) is 13.2 Å². The van der Waals surface area contributed by atoms with Gasteiger partial charge in [-0.25, -0.2) is 4.98 Å². The number of aliphatic hydroxyl groups excluding tert-OH is 1. The summed E-state index contributed by atoms with van der Waals surface area (Å²) in [6.45, 7) is 0. The largest absolute Gasteiger partial charge is 0.418 e. The lowest BCUT2D eigenvalue weighted by molar-refractivity contribution is -0.206. The van der Waals surface area contributed by atoms with E-state index in [1.165, 1.54) is 12.1 Å². The number of anilines is 1. The van der Waals surface area contributed by atoms with Crippen molar-refractivity contribution in [3.8, 4) is 0 Å². The molecule has 0 radical (unpaired) electrons. The first-order chi connectivity index (χ1) is 6.82. The fourth-order valence-electron chi connectivity index (χ4n) is 1.01. The Hall–Kier alpha value is -1.30. The van der Waals surface area contributed by atoms with E-state index in [0.29, 0.717) is 5.82 Å². The van der Waals surface area contributed by atoms with Crippen molar-refractivity contribution in [3.05, 3.63) is 23.9 Å². The lowest BCUT2D eigenvalue weighted by Gasteiger charge is -2.16. The molecule has 0 unspecified atom stereocenters. The highest BCUT2D eigenvalue weighted by Gasteiger charge is 2.39. The summed E-state index contributed by atoms with van der Waals surface area (Å²) in [6.07, 6.45) is -6.10. The van der Waals surface area contributed by atoms with Gasteiger partial charge in [0.1, 0.15) is 5.82 Å². The summed E-state index contributed by atoms with van der Waals surface area (Å²) in [5.41, 5.74) is -0.256. The Morgan fingerprint density at radius 3 is 2.27 bits per heavy atom. The minimum atomic E-state index is -4.65. The van der Waals surface area contributed by atoms with Crippen LogP contribution >= 0.6 is 0 Å². The number of aliphatic hydroxyl groups is 1. The van der Waals surface area contributed by atoms with Crippen molar-refractivity contribution in [2.45, 2.75) is 12.3 Å². The standard InChI is InChI=1S/C9H11F3N2O/c1-14(2)7-4-3-6(5-13-7)8(15)9(10,11)12/h3-5,8,15H,1-2H3/t8-/m0/s1. The summed E-state index contributed by atoms with van der Waals surface area (Å²) in [7, 11) is 3.45. The Morgan fingerprint density at radius 1 is 1.33 bits per heavy atom. The molecule has 1 N–H and O–H groups in total. The van der Waals surface area contributed by atoms with Crippen molar-refractivity contribution in [1.29, 1.82) is 0 Å². The van der Waals surface area contributed by atoms with E-state index >= 15 is 0 Å². The van der Waals surface area contributed by atoms with E-state index in [2.05, 4.69) is 4.98 Å². The van der Waals surface area contributed by atoms with Gasteiger partial charge in [-0.3, -0.25) is 0 Å². The summed E-state index contributed by atoms with van der Waals surface area (Å²) in [6, 6.07) is 2.63. The van der Waals surface area contributed by atoms with Crippen LogP contribution in [-0.4, -0.2) is 30.4 Å². The summed E-state index contributed by atoms with van der Waals surface area (Å²) in [5, 5.41) is 8.91. The lowest BCUT2D eigenvalue weighted by Crippen LogP contribution is -2.20. The van der Waals surface area contributed by atoms with E-state index in [0.717, 1.165) is 6.20 Å². The molecule has 0 aliphatic heterocycles. The van der Waals surface area contributed by atoms with Crippen LogP contribution in [0, 0.1) is 0 Å². The van der Waals surface area contributed by atoms with Gasteiger partial charge < -0.3 is 10.0 Å². The first-order valence-corrected chi connectivity index (χ1v) is 4.20. The molecule has 1 heterocycles. The molecule has 1 aromatic rings. The molecule has 6 heteroatoms. The average Bonchev–Trinajstić information content (AvgIpc) is 2.15. The van der Waals surface area contributed by atoms with Gasteiger partial charge in [0.15, 0.2) is 6.10 Å². The van der Waals surface area contributed by atoms with E-state index in [9.17, 15) is 13.2 Å². The Bertz CT molecular complexity index is 321. The minimum Gasteiger partial charge on any atom is -0.379 e. The van der Waals surface area contributed by atoms with E-state index in [4.69, 9.17) is 5.11 Å². The van der Waals surface area contributed by atoms with Crippen LogP contribution in [0.1, 0.15) is 11.7 Å². The monoisotopic (exact) mass is 220 g/mol. The van der Waals surface area contributed by atoms with E-state index < -0.39 is 12.3 Å². The maximum absolute atomic E-state index is 12.1. The molecule has 0 aliphatic rings. The van der Waals surface area contributed by atoms with Crippen molar-refractivity contribution in [1.82, 2.24) is 4.98 Å². The quantitative estimate of drug-likeness (QED) is 0.824. The van der Waals surface area contributed by atoms with Crippen LogP contribution in [-0.2, 0) is 0 Å². The molecular formula is C9H11F3N2O. The predicted molar refractivity (Wildman–Crippen MR) is 49.6 cm³/mol. The third-order valence-corrected chi connectivity index (χ3v) is 1.85. The molecule has 0 bridgehead atoms. The predicted octanol–water partition coefficient (Wildman–Crippen LogP) is 1.74. The topological polar surface area (TPSA) is 36.4 Å². The van der Waals surface area contributed by atoms with Crippen LogP contribution in [0.2, 0.25) is 0 Å². The molecule has 1 rings (SSSR count). The third kappa shape index (κ3) is 2.82. The van der Waals surface area contributed by atoms with Crippen LogP contribution in [0.25, 0.3) is 0 Å². The third-order valence-electron chi connectivity index (χ3n) is 1.85. The number of alkyl halides is 3. The SMILES string of the molecule is CN(C)c1ccc([C@H](O)C(F)(F)F)cn1. The highest BCUT2D eigenvalue weighted by Crippen LogP contribution is 2.32. The molecule has 0 amide bonds. The molecule has 0 aromatic carbocycles. The summed E-state index contributed by atoms with van der Waals surface area (Å²) in [4.78, 5) is 5.44. The molecule has 0 fully saturated rings. The molecule has 0 saturated carbocycles. The van der Waals surface area contributed by atoms with Gasteiger partial charge >= 0.3 is 6.18 Å². The molecule has 0 aliphatic carbocycles. The van der Waals surface area contributed by atoms with Crippen LogP contribution in [0.15, 0.2) is 18.3 Å². The van der Waals surface area contributed by atoms with E-state index in [-0.39, 0.29) is 5.56 Å². The highest BCUT2D eigenvalue weighted by atomic mass is 19.4. The molecule has 84 valence electrons. The summed E-state index contributed by atoms with van der Waals surface area (Å²) in [5.74, 6) is 0.535. The van der Waals surface area contributed by atoms with E-state index in [1.807, 2.05) is 0 Å². The van der Waals surface area contributed by atoms with Gasteiger partial charge in [0, 0.05) is 25.9 Å². The van der Waals surface area contributed by atoms with Gasteiger partial charge in [0.25, 0.3) is 0 Å². The van der Waals surface area contributed by atoms with Crippen LogP contribution in [0.4, 0.5) is 19.0 Å². The number of pyridine rings is 1. The van der Waals surface area contributed by atoms with Crippen LogP contribution in [0.3, 0.4) is 0 Å². The number of hydrogen-bond acceptors (Lipinski definition) is 3. The molecular weight excluding hydrogens is 209 g/mol. The zero-order valence-corrected chi connectivity index (χ0v) is 8.28. The fraction of sp³-hybridized carbons (Fsp3) is 0.444. The van der Waals surface area contributed by atoms with Crippen molar-refractivity contribution in [3.63, 3.8) is 0 Å². The fourth-order valence-corrected chi connectivity index (χ4v) is 1.01. The second kappa shape index (κ2) is 4.06. The Balaban J connectivity index is 2.89. The molecule has 1 atom stereocenters. The number of hydrogen-bond donors (Lipinski definition) is 1. The van der Waals surface area contributed by atoms with Crippen molar-refractivity contribution in [2.24, 2.45) is 0 Å². The second-order valence-electron chi connectivity index (χ2n) is 3.29. The summed E-state index contributed by atoms with van der Waals surface area (Å²) < 4.78 is 36.3. The van der Waals surface area contributed by atoms with Crippen LogP contribution in [0.5, 0.6) is 0 Å². The normalized spacial score (nSPS) is 13.7. The molecule has 0 spiro atoms. The number of aromatic nitrogens is 1. The number of nitrogens with zero attached hydrogens (tertiary/aromatic N) is 2. The van der Waals surface area contributed by atoms with Gasteiger partial charge in [-0.1, -0.05) is 6.07 Å². The van der Waals surface area contributed by atoms with E-state index in [1.54, 1.807) is 19.0 Å². The lowest BCUT2D eigenvalue weighted by atomic mass is 10.1. The van der Waals surface area contributed by atoms with Crippen molar-refractivity contribution < 1.29 is 18.3 Å². The zero-order chi connectivity index (χ0) is 11.6. The zero-order valence-electron chi connectivity index (χ0n) is 8.28. The van der Waals surface area contributed by atoms with Crippen LogP contribution < -0.4 is 4.90 Å². The molecule has 1 aromatic heterocycles. The van der Waals surface area contributed by atoms with Gasteiger partial charge in [-0.15, -0.1) is 0 Å². The highest BCUT2D eigenvalue weighted by molar-refractivity contribution is 5.37. The second-order valence-corrected chi connectivity index (χ2v) is 3.29. The minimum absolute atomic E-state index is 0.256. The molecule has 3 nitrogen and oxygen atoms in total. The first-order valence-electron chi connectivity index (χ1n) is 4.20. The Morgan fingerprint density at radius 2 is 1.93 bits per heavy atom. The molecule has 15 heavy (non-hydrogen) atoms. The average molecular weight is 220 g/mol. The van der Waals surface area contributed by atoms with Crippen molar-refractivity contribution >= 4 is 5.82 Å². The van der Waals surface area contributed by atoms with Crippen molar-refractivity contribution in [2.75, 3.05) is 19.0 Å².